The van der Waals surface area contributed by atoms with Crippen LogP contribution in [-0.2, 0) is 5.41 Å². The Morgan fingerprint density at radius 3 is 1.29 bits per heavy atom. The van der Waals surface area contributed by atoms with E-state index in [2.05, 4.69) is 313 Å². The van der Waals surface area contributed by atoms with E-state index in [4.69, 9.17) is 0 Å². The zero-order valence-electron chi connectivity index (χ0n) is 42.3. The highest BCUT2D eigenvalue weighted by Gasteiger charge is 2.46. The van der Waals surface area contributed by atoms with E-state index in [1.54, 1.807) is 0 Å². The van der Waals surface area contributed by atoms with E-state index in [-0.39, 0.29) is 0 Å². The number of benzene rings is 13. The molecule has 0 fully saturated rings. The van der Waals surface area contributed by atoms with Crippen molar-refractivity contribution in [3.05, 3.63) is 326 Å². The number of fused-ring (bicyclic) bond motifs is 8. The number of nitrogens with zero attached hydrogens (tertiary/aromatic N) is 2. The monoisotopic (exact) mass is 978 g/mol. The minimum absolute atomic E-state index is 0.489. The highest BCUT2D eigenvalue weighted by Crippen LogP contribution is 2.57. The van der Waals surface area contributed by atoms with Crippen molar-refractivity contribution in [3.63, 3.8) is 0 Å². The molecule has 13 aromatic carbocycles. The van der Waals surface area contributed by atoms with E-state index >= 15 is 0 Å². The Bertz CT molecular complexity index is 4390. The van der Waals surface area contributed by atoms with Gasteiger partial charge in [0.1, 0.15) is 0 Å². The van der Waals surface area contributed by atoms with Crippen LogP contribution in [0.4, 0.5) is 17.1 Å². The van der Waals surface area contributed by atoms with Gasteiger partial charge in [-0.05, 0) is 161 Å². The average Bonchev–Trinajstić information content (AvgIpc) is 4.01. The predicted octanol–water partition coefficient (Wildman–Crippen LogP) is 19.9. The molecule has 0 saturated heterocycles. The molecule has 1 heterocycles. The van der Waals surface area contributed by atoms with Crippen LogP contribution in [0.2, 0.25) is 0 Å². The molecule has 0 aliphatic heterocycles. The van der Waals surface area contributed by atoms with Crippen molar-refractivity contribution in [1.82, 2.24) is 4.57 Å². The fourth-order valence-electron chi connectivity index (χ4n) is 13.0. The summed E-state index contributed by atoms with van der Waals surface area (Å²) in [6.45, 7) is 0. The van der Waals surface area contributed by atoms with E-state index in [9.17, 15) is 0 Å². The van der Waals surface area contributed by atoms with Crippen LogP contribution in [-0.4, -0.2) is 4.57 Å². The summed E-state index contributed by atoms with van der Waals surface area (Å²) in [5.74, 6) is 0. The summed E-state index contributed by atoms with van der Waals surface area (Å²) < 4.78 is 2.43. The van der Waals surface area contributed by atoms with Gasteiger partial charge in [-0.3, -0.25) is 0 Å². The molecule has 2 heteroatoms. The highest BCUT2D eigenvalue weighted by molar-refractivity contribution is 6.21. The van der Waals surface area contributed by atoms with E-state index in [0.717, 1.165) is 22.7 Å². The lowest BCUT2D eigenvalue weighted by Crippen LogP contribution is -2.28. The predicted molar refractivity (Wildman–Crippen MR) is 324 cm³/mol. The van der Waals surface area contributed by atoms with Gasteiger partial charge in [0.05, 0.1) is 16.4 Å². The first kappa shape index (κ1) is 44.5. The molecule has 15 rings (SSSR count). The van der Waals surface area contributed by atoms with Crippen molar-refractivity contribution in [2.24, 2.45) is 0 Å². The molecule has 2 nitrogen and oxygen atoms in total. The van der Waals surface area contributed by atoms with Crippen LogP contribution >= 0.6 is 0 Å². The number of hydrogen-bond donors (Lipinski definition) is 0. The lowest BCUT2D eigenvalue weighted by atomic mass is 9.67. The van der Waals surface area contributed by atoms with Crippen LogP contribution in [0, 0.1) is 0 Å². The summed E-state index contributed by atoms with van der Waals surface area (Å²) in [6.07, 6.45) is 0. The second-order valence-corrected chi connectivity index (χ2v) is 20.3. The maximum atomic E-state index is 2.51. The quantitative estimate of drug-likeness (QED) is 0.131. The lowest BCUT2D eigenvalue weighted by Gasteiger charge is -2.34. The van der Waals surface area contributed by atoms with Crippen molar-refractivity contribution in [3.8, 4) is 50.2 Å². The Kier molecular flexibility index (Phi) is 10.5. The van der Waals surface area contributed by atoms with Crippen LogP contribution in [0.15, 0.2) is 303 Å². The SMILES string of the molecule is c1ccc(N(c2ccccc2)c2ccc(-c3ccc4c(c3)c3ccccc3n4-c3ccc(-c4c5ccccc5c(-c5ccc6c(c5)C(c5ccccc5)(c5ccccc5)c5ccccc5-6)c5ccccc45)cc3)cc2)cc1. The number of hydrogen-bond acceptors (Lipinski definition) is 1. The van der Waals surface area contributed by atoms with Crippen LogP contribution in [0.3, 0.4) is 0 Å². The summed E-state index contributed by atoms with van der Waals surface area (Å²) in [5, 5.41) is 7.42. The summed E-state index contributed by atoms with van der Waals surface area (Å²) in [4.78, 5) is 2.31. The Labute approximate surface area is 448 Å². The number of para-hydroxylation sites is 3. The van der Waals surface area contributed by atoms with Gasteiger partial charge in [-0.25, -0.2) is 0 Å². The molecular weight excluding hydrogens is 929 g/mol. The first-order valence-corrected chi connectivity index (χ1v) is 26.7. The zero-order chi connectivity index (χ0) is 50.9. The lowest BCUT2D eigenvalue weighted by molar-refractivity contribution is 0.769. The van der Waals surface area contributed by atoms with Gasteiger partial charge < -0.3 is 9.47 Å². The fourth-order valence-corrected chi connectivity index (χ4v) is 13.0. The molecule has 0 amide bonds. The van der Waals surface area contributed by atoms with Crippen LogP contribution in [0.1, 0.15) is 22.3 Å². The van der Waals surface area contributed by atoms with E-state index < -0.39 is 5.41 Å². The molecule has 77 heavy (non-hydrogen) atoms. The molecular formula is C75H50N2. The third kappa shape index (κ3) is 7.03. The van der Waals surface area contributed by atoms with E-state index in [0.29, 0.717) is 0 Å². The van der Waals surface area contributed by atoms with Gasteiger partial charge in [0.25, 0.3) is 0 Å². The van der Waals surface area contributed by atoms with Gasteiger partial charge in [0.15, 0.2) is 0 Å². The van der Waals surface area contributed by atoms with Crippen LogP contribution in [0.25, 0.3) is 93.5 Å². The molecule has 0 bridgehead atoms. The first-order valence-electron chi connectivity index (χ1n) is 26.7. The number of anilines is 3. The van der Waals surface area contributed by atoms with Crippen molar-refractivity contribution >= 4 is 60.4 Å². The minimum Gasteiger partial charge on any atom is -0.311 e. The molecule has 360 valence electrons. The summed E-state index contributed by atoms with van der Waals surface area (Å²) >= 11 is 0. The molecule has 1 aliphatic carbocycles. The van der Waals surface area contributed by atoms with Crippen LogP contribution < -0.4 is 4.90 Å². The van der Waals surface area contributed by atoms with Gasteiger partial charge in [0, 0.05) is 33.5 Å². The second kappa shape index (κ2) is 18.1. The third-order valence-corrected chi connectivity index (χ3v) is 16.3. The van der Waals surface area contributed by atoms with Crippen molar-refractivity contribution < 1.29 is 0 Å². The topological polar surface area (TPSA) is 8.17 Å². The number of aromatic nitrogens is 1. The van der Waals surface area contributed by atoms with Gasteiger partial charge >= 0.3 is 0 Å². The highest BCUT2D eigenvalue weighted by atomic mass is 15.1. The Hall–Kier alpha value is -10.0. The second-order valence-electron chi connectivity index (χ2n) is 20.3. The van der Waals surface area contributed by atoms with Gasteiger partial charge in [0.2, 0.25) is 0 Å². The zero-order valence-corrected chi connectivity index (χ0v) is 42.3. The van der Waals surface area contributed by atoms with E-state index in [1.807, 2.05) is 0 Å². The Balaban J connectivity index is 0.831. The van der Waals surface area contributed by atoms with Gasteiger partial charge in [-0.1, -0.05) is 231 Å². The molecule has 1 aliphatic rings. The number of rotatable bonds is 9. The third-order valence-electron chi connectivity index (χ3n) is 16.3. The first-order chi connectivity index (χ1) is 38.2. The summed E-state index contributed by atoms with van der Waals surface area (Å²) in [5.41, 5.74) is 21.4. The van der Waals surface area contributed by atoms with Crippen molar-refractivity contribution in [2.75, 3.05) is 4.90 Å². The minimum atomic E-state index is -0.489. The maximum Gasteiger partial charge on any atom is 0.0713 e. The largest absolute Gasteiger partial charge is 0.311 e. The standard InChI is InChI=1S/C75H50N2/c1-5-21-55(22-6-1)75(56-23-7-2-8-24-56)69-35-19-17-29-61(69)62-47-41-54(50-70(62)75)74-66-33-15-13-31-64(66)73(65-32-14-16-34-67(65)74)52-39-45-60(46-40-52)77-71-36-20-18-30-63(71)68-49-53(42-48-72(68)77)51-37-43-59(44-38-51)76(57-25-9-3-10-26-57)58-27-11-4-12-28-58/h1-50H. The van der Waals surface area contributed by atoms with Crippen LogP contribution in [0.5, 0.6) is 0 Å². The van der Waals surface area contributed by atoms with Crippen molar-refractivity contribution in [2.45, 2.75) is 5.41 Å². The molecule has 0 N–H and O–H groups in total. The smallest absolute Gasteiger partial charge is 0.0713 e. The molecule has 1 aromatic heterocycles. The Morgan fingerprint density at radius 1 is 0.260 bits per heavy atom. The molecule has 0 atom stereocenters. The molecule has 0 radical (unpaired) electrons. The maximum absolute atomic E-state index is 2.51. The molecule has 0 spiro atoms. The molecule has 0 saturated carbocycles. The van der Waals surface area contributed by atoms with Gasteiger partial charge in [-0.15, -0.1) is 0 Å². The fraction of sp³-hybridized carbons (Fsp3) is 0.0133. The average molecular weight is 979 g/mol. The normalized spacial score (nSPS) is 12.5. The van der Waals surface area contributed by atoms with Crippen molar-refractivity contribution in [1.29, 1.82) is 0 Å². The van der Waals surface area contributed by atoms with E-state index in [1.165, 1.54) is 110 Å². The summed E-state index contributed by atoms with van der Waals surface area (Å²) in [6, 6.07) is 112. The molecule has 0 unspecified atom stereocenters. The van der Waals surface area contributed by atoms with Gasteiger partial charge in [-0.2, -0.15) is 0 Å². The molecule has 14 aromatic rings. The Morgan fingerprint density at radius 2 is 0.688 bits per heavy atom. The summed E-state index contributed by atoms with van der Waals surface area (Å²) in [7, 11) is 0.